The van der Waals surface area contributed by atoms with E-state index in [0.29, 0.717) is 5.75 Å². The summed E-state index contributed by atoms with van der Waals surface area (Å²) in [6, 6.07) is 13.6. The van der Waals surface area contributed by atoms with Gasteiger partial charge in [0, 0.05) is 25.3 Å². The third-order valence-electron chi connectivity index (χ3n) is 3.70. The van der Waals surface area contributed by atoms with Crippen molar-refractivity contribution in [3.05, 3.63) is 59.2 Å². The van der Waals surface area contributed by atoms with Crippen molar-refractivity contribution >= 4 is 5.69 Å². The first-order valence-corrected chi connectivity index (χ1v) is 6.59. The fourth-order valence-electron chi connectivity index (χ4n) is 2.75. The van der Waals surface area contributed by atoms with Gasteiger partial charge in [-0.3, -0.25) is 4.90 Å². The molecule has 0 aromatic heterocycles. The summed E-state index contributed by atoms with van der Waals surface area (Å²) in [5.74, 6) is 0.333. The average Bonchev–Trinajstić information content (AvgIpc) is 2.39. The highest BCUT2D eigenvalue weighted by Gasteiger charge is 2.17. The molecule has 0 atom stereocenters. The molecule has 0 radical (unpaired) electrons. The molecular weight excluding hydrogens is 236 g/mol. The monoisotopic (exact) mass is 254 g/mol. The van der Waals surface area contributed by atoms with Crippen molar-refractivity contribution in [3.63, 3.8) is 0 Å². The predicted octanol–water partition coefficient (Wildman–Crippen LogP) is 2.53. The lowest BCUT2D eigenvalue weighted by Gasteiger charge is -2.29. The number of hydrogen-bond donors (Lipinski definition) is 2. The number of nitrogens with zero attached hydrogens (tertiary/aromatic N) is 1. The van der Waals surface area contributed by atoms with E-state index in [1.165, 1.54) is 11.1 Å². The van der Waals surface area contributed by atoms with Gasteiger partial charge in [0.05, 0.1) is 0 Å². The molecule has 1 aliphatic rings. The Morgan fingerprint density at radius 2 is 2.00 bits per heavy atom. The van der Waals surface area contributed by atoms with Crippen molar-refractivity contribution in [2.24, 2.45) is 0 Å². The first-order chi connectivity index (χ1) is 9.22. The molecule has 2 aromatic carbocycles. The standard InChI is InChI=1S/C16H18N2O/c17-16-6-2-4-13-11-18(8-7-15(13)16)10-12-3-1-5-14(19)9-12/h1-6,9,19H,7-8,10-11,17H2. The van der Waals surface area contributed by atoms with Crippen molar-refractivity contribution in [2.75, 3.05) is 12.3 Å². The van der Waals surface area contributed by atoms with Gasteiger partial charge in [0.25, 0.3) is 0 Å². The van der Waals surface area contributed by atoms with Gasteiger partial charge in [-0.2, -0.15) is 0 Å². The number of phenolic OH excluding ortho intramolecular Hbond substituents is 1. The van der Waals surface area contributed by atoms with Crippen LogP contribution in [0.3, 0.4) is 0 Å². The summed E-state index contributed by atoms with van der Waals surface area (Å²) >= 11 is 0. The smallest absolute Gasteiger partial charge is 0.115 e. The largest absolute Gasteiger partial charge is 0.508 e. The number of anilines is 1. The maximum Gasteiger partial charge on any atom is 0.115 e. The number of hydrogen-bond acceptors (Lipinski definition) is 3. The molecule has 0 fully saturated rings. The minimum atomic E-state index is 0.333. The quantitative estimate of drug-likeness (QED) is 0.810. The van der Waals surface area contributed by atoms with Crippen LogP contribution >= 0.6 is 0 Å². The minimum Gasteiger partial charge on any atom is -0.508 e. The van der Waals surface area contributed by atoms with Gasteiger partial charge in [-0.05, 0) is 41.3 Å². The van der Waals surface area contributed by atoms with E-state index in [4.69, 9.17) is 5.73 Å². The van der Waals surface area contributed by atoms with Gasteiger partial charge in [0.2, 0.25) is 0 Å². The van der Waals surface area contributed by atoms with Crippen molar-refractivity contribution < 1.29 is 5.11 Å². The van der Waals surface area contributed by atoms with Gasteiger partial charge in [-0.25, -0.2) is 0 Å². The molecule has 0 aliphatic carbocycles. The van der Waals surface area contributed by atoms with Gasteiger partial charge in [-0.15, -0.1) is 0 Å². The number of nitrogen functional groups attached to an aromatic ring is 1. The summed E-state index contributed by atoms with van der Waals surface area (Å²) in [5.41, 5.74) is 10.7. The molecule has 0 unspecified atom stereocenters. The van der Waals surface area contributed by atoms with E-state index in [1.54, 1.807) is 6.07 Å². The molecule has 0 amide bonds. The van der Waals surface area contributed by atoms with Crippen molar-refractivity contribution in [1.82, 2.24) is 4.90 Å². The zero-order valence-electron chi connectivity index (χ0n) is 10.8. The predicted molar refractivity (Wildman–Crippen MR) is 76.8 cm³/mol. The molecule has 3 N–H and O–H groups in total. The SMILES string of the molecule is Nc1cccc2c1CCN(Cc1cccc(O)c1)C2. The third-order valence-corrected chi connectivity index (χ3v) is 3.70. The molecule has 2 aromatic rings. The lowest BCUT2D eigenvalue weighted by molar-refractivity contribution is 0.245. The van der Waals surface area contributed by atoms with Gasteiger partial charge in [0.15, 0.2) is 0 Å². The molecule has 3 nitrogen and oxygen atoms in total. The highest BCUT2D eigenvalue weighted by Crippen LogP contribution is 2.25. The van der Waals surface area contributed by atoms with E-state index in [9.17, 15) is 5.11 Å². The summed E-state index contributed by atoms with van der Waals surface area (Å²) in [4.78, 5) is 2.39. The highest BCUT2D eigenvalue weighted by atomic mass is 16.3. The Hall–Kier alpha value is -2.00. The summed E-state index contributed by atoms with van der Waals surface area (Å²) < 4.78 is 0. The summed E-state index contributed by atoms with van der Waals surface area (Å²) in [5, 5.41) is 9.50. The minimum absolute atomic E-state index is 0.333. The van der Waals surface area contributed by atoms with Crippen LogP contribution < -0.4 is 5.73 Å². The first kappa shape index (κ1) is 12.1. The van der Waals surface area contributed by atoms with E-state index >= 15 is 0 Å². The van der Waals surface area contributed by atoms with Gasteiger partial charge >= 0.3 is 0 Å². The van der Waals surface area contributed by atoms with Crippen molar-refractivity contribution in [1.29, 1.82) is 0 Å². The van der Waals surface area contributed by atoms with E-state index in [-0.39, 0.29) is 0 Å². The number of fused-ring (bicyclic) bond motifs is 1. The number of phenols is 1. The molecule has 3 heteroatoms. The Kier molecular flexibility index (Phi) is 3.13. The molecule has 98 valence electrons. The maximum atomic E-state index is 9.50. The summed E-state index contributed by atoms with van der Waals surface area (Å²) in [7, 11) is 0. The van der Waals surface area contributed by atoms with Crippen LogP contribution in [-0.2, 0) is 19.5 Å². The Morgan fingerprint density at radius 3 is 2.84 bits per heavy atom. The van der Waals surface area contributed by atoms with Gasteiger partial charge in [-0.1, -0.05) is 24.3 Å². The van der Waals surface area contributed by atoms with E-state index in [1.807, 2.05) is 24.3 Å². The first-order valence-electron chi connectivity index (χ1n) is 6.59. The van der Waals surface area contributed by atoms with Crippen LogP contribution in [0.15, 0.2) is 42.5 Å². The Balaban J connectivity index is 1.76. The Labute approximate surface area is 113 Å². The van der Waals surface area contributed by atoms with E-state index in [0.717, 1.165) is 37.3 Å². The van der Waals surface area contributed by atoms with Crippen LogP contribution in [0.2, 0.25) is 0 Å². The lowest BCUT2D eigenvalue weighted by Crippen LogP contribution is -2.30. The molecule has 3 rings (SSSR count). The average molecular weight is 254 g/mol. The Bertz CT molecular complexity index is 595. The second-order valence-electron chi connectivity index (χ2n) is 5.12. The van der Waals surface area contributed by atoms with Crippen molar-refractivity contribution in [2.45, 2.75) is 19.5 Å². The molecular formula is C16H18N2O. The van der Waals surface area contributed by atoms with Crippen LogP contribution in [0.5, 0.6) is 5.75 Å². The number of rotatable bonds is 2. The topological polar surface area (TPSA) is 49.5 Å². The van der Waals surface area contributed by atoms with Crippen molar-refractivity contribution in [3.8, 4) is 5.75 Å². The van der Waals surface area contributed by atoms with Crippen LogP contribution in [0.4, 0.5) is 5.69 Å². The van der Waals surface area contributed by atoms with Crippen LogP contribution in [-0.4, -0.2) is 16.6 Å². The van der Waals surface area contributed by atoms with Crippen LogP contribution in [0.1, 0.15) is 16.7 Å². The summed E-state index contributed by atoms with van der Waals surface area (Å²) in [6.45, 7) is 2.80. The number of nitrogens with two attached hydrogens (primary N) is 1. The number of aromatic hydroxyl groups is 1. The molecule has 0 saturated carbocycles. The molecule has 0 saturated heterocycles. The molecule has 0 bridgehead atoms. The van der Waals surface area contributed by atoms with E-state index in [2.05, 4.69) is 17.0 Å². The van der Waals surface area contributed by atoms with Gasteiger partial charge in [0.1, 0.15) is 5.75 Å². The number of benzene rings is 2. The fraction of sp³-hybridized carbons (Fsp3) is 0.250. The third kappa shape index (κ3) is 2.56. The Morgan fingerprint density at radius 1 is 1.16 bits per heavy atom. The lowest BCUT2D eigenvalue weighted by atomic mass is 9.97. The van der Waals surface area contributed by atoms with Gasteiger partial charge < -0.3 is 10.8 Å². The fourth-order valence-corrected chi connectivity index (χ4v) is 2.75. The van der Waals surface area contributed by atoms with E-state index < -0.39 is 0 Å². The van der Waals surface area contributed by atoms with Crippen LogP contribution in [0, 0.1) is 0 Å². The molecule has 19 heavy (non-hydrogen) atoms. The summed E-state index contributed by atoms with van der Waals surface area (Å²) in [6.07, 6.45) is 1.00. The second-order valence-corrected chi connectivity index (χ2v) is 5.12. The normalized spacial score (nSPS) is 15.2. The highest BCUT2D eigenvalue weighted by molar-refractivity contribution is 5.51. The van der Waals surface area contributed by atoms with Crippen LogP contribution in [0.25, 0.3) is 0 Å². The molecule has 1 aliphatic heterocycles. The molecule has 0 spiro atoms. The maximum absolute atomic E-state index is 9.50. The zero-order chi connectivity index (χ0) is 13.2. The zero-order valence-corrected chi connectivity index (χ0v) is 10.8. The molecule has 1 heterocycles. The second kappa shape index (κ2) is 4.94.